The van der Waals surface area contributed by atoms with Gasteiger partial charge >= 0.3 is 0 Å². The third-order valence-electron chi connectivity index (χ3n) is 2.68. The molecule has 3 nitrogen and oxygen atoms in total. The zero-order valence-corrected chi connectivity index (χ0v) is 12.7. The van der Waals surface area contributed by atoms with Crippen LogP contribution in [0.25, 0.3) is 0 Å². The molecule has 0 aromatic carbocycles. The number of aromatic nitrogens is 1. The van der Waals surface area contributed by atoms with E-state index in [4.69, 9.17) is 0 Å². The van der Waals surface area contributed by atoms with E-state index in [1.807, 2.05) is 13.1 Å². The van der Waals surface area contributed by atoms with Gasteiger partial charge in [-0.15, -0.1) is 0 Å². The molecule has 0 radical (unpaired) electrons. The fourth-order valence-corrected chi connectivity index (χ4v) is 2.39. The highest BCUT2D eigenvalue weighted by Gasteiger charge is 2.20. The van der Waals surface area contributed by atoms with Gasteiger partial charge in [0, 0.05) is 23.8 Å². The lowest BCUT2D eigenvalue weighted by Crippen LogP contribution is -2.36. The molecular weight excluding hydrogens is 300 g/mol. The van der Waals surface area contributed by atoms with Crippen molar-refractivity contribution >= 4 is 33.6 Å². The van der Waals surface area contributed by atoms with Crippen molar-refractivity contribution in [3.05, 3.63) is 28.5 Å². The van der Waals surface area contributed by atoms with Crippen molar-refractivity contribution in [3.63, 3.8) is 0 Å². The minimum absolute atomic E-state index is 0.0360. The Morgan fingerprint density at radius 1 is 1.65 bits per heavy atom. The van der Waals surface area contributed by atoms with Gasteiger partial charge < -0.3 is 4.90 Å². The smallest absolute Gasteiger partial charge is 0.273 e. The molecule has 1 amide bonds. The second-order valence-corrected chi connectivity index (χ2v) is 5.72. The molecule has 0 spiro atoms. The zero-order valence-electron chi connectivity index (χ0n) is 10.3. The first-order valence-corrected chi connectivity index (χ1v) is 7.63. The van der Waals surface area contributed by atoms with Crippen LogP contribution in [0, 0.1) is 0 Å². The summed E-state index contributed by atoms with van der Waals surface area (Å²) in [5.74, 6) is 1.02. The molecule has 0 aliphatic rings. The van der Waals surface area contributed by atoms with Crippen LogP contribution in [-0.4, -0.2) is 40.9 Å². The van der Waals surface area contributed by atoms with Crippen LogP contribution < -0.4 is 0 Å². The zero-order chi connectivity index (χ0) is 12.8. The first kappa shape index (κ1) is 14.5. The van der Waals surface area contributed by atoms with Crippen LogP contribution in [-0.2, 0) is 0 Å². The Morgan fingerprint density at radius 3 is 2.94 bits per heavy atom. The second-order valence-electron chi connectivity index (χ2n) is 3.88. The molecule has 5 heteroatoms. The Labute approximate surface area is 115 Å². The van der Waals surface area contributed by atoms with Gasteiger partial charge in [0.15, 0.2) is 0 Å². The maximum absolute atomic E-state index is 12.2. The molecule has 17 heavy (non-hydrogen) atoms. The average molecular weight is 317 g/mol. The molecule has 1 aromatic heterocycles. The summed E-state index contributed by atoms with van der Waals surface area (Å²) in [6, 6.07) is 3.86. The predicted octanol–water partition coefficient (Wildman–Crippen LogP) is 3.06. The number of halogens is 1. The fraction of sp³-hybridized carbons (Fsp3) is 0.500. The lowest BCUT2D eigenvalue weighted by molar-refractivity contribution is 0.0734. The molecule has 1 unspecified atom stereocenters. The van der Waals surface area contributed by atoms with Crippen molar-refractivity contribution in [2.24, 2.45) is 0 Å². The van der Waals surface area contributed by atoms with Crippen LogP contribution in [0.15, 0.2) is 22.8 Å². The molecule has 0 aliphatic heterocycles. The molecule has 1 aromatic rings. The van der Waals surface area contributed by atoms with Crippen LogP contribution in [0.5, 0.6) is 0 Å². The topological polar surface area (TPSA) is 33.2 Å². The first-order chi connectivity index (χ1) is 8.07. The normalized spacial score (nSPS) is 12.2. The average Bonchev–Trinajstić information content (AvgIpc) is 2.34. The summed E-state index contributed by atoms with van der Waals surface area (Å²) in [7, 11) is 1.83. The number of pyridine rings is 1. The second kappa shape index (κ2) is 7.01. The maximum Gasteiger partial charge on any atom is 0.273 e. The van der Waals surface area contributed by atoms with E-state index in [1.165, 1.54) is 0 Å². The number of hydrogen-bond donors (Lipinski definition) is 0. The van der Waals surface area contributed by atoms with Crippen LogP contribution in [0.3, 0.4) is 0 Å². The lowest BCUT2D eigenvalue weighted by Gasteiger charge is -2.24. The van der Waals surface area contributed by atoms with Crippen LogP contribution in [0.2, 0.25) is 0 Å². The Kier molecular flexibility index (Phi) is 5.98. The van der Waals surface area contributed by atoms with E-state index in [9.17, 15) is 4.79 Å². The quantitative estimate of drug-likeness (QED) is 0.837. The molecule has 0 saturated heterocycles. The SMILES string of the molecule is CSCCC(C)N(C)C(=O)c1ncccc1Br. The van der Waals surface area contributed by atoms with Crippen molar-refractivity contribution in [1.29, 1.82) is 0 Å². The molecular formula is C12H17BrN2OS. The highest BCUT2D eigenvalue weighted by atomic mass is 79.9. The number of carbonyl (C=O) groups excluding carboxylic acids is 1. The summed E-state index contributed by atoms with van der Waals surface area (Å²) in [5.41, 5.74) is 0.478. The predicted molar refractivity (Wildman–Crippen MR) is 76.5 cm³/mol. The molecule has 1 heterocycles. The monoisotopic (exact) mass is 316 g/mol. The third-order valence-corrected chi connectivity index (χ3v) is 3.97. The Morgan fingerprint density at radius 2 is 2.35 bits per heavy atom. The lowest BCUT2D eigenvalue weighted by atomic mass is 10.2. The Bertz CT molecular complexity index is 387. The molecule has 0 N–H and O–H groups in total. The van der Waals surface area contributed by atoms with E-state index in [0.717, 1.165) is 16.6 Å². The van der Waals surface area contributed by atoms with Crippen molar-refractivity contribution < 1.29 is 4.79 Å². The summed E-state index contributed by atoms with van der Waals surface area (Å²) in [5, 5.41) is 0. The summed E-state index contributed by atoms with van der Waals surface area (Å²) in [4.78, 5) is 18.1. The van der Waals surface area contributed by atoms with Crippen LogP contribution in [0.1, 0.15) is 23.8 Å². The largest absolute Gasteiger partial charge is 0.338 e. The number of hydrogen-bond acceptors (Lipinski definition) is 3. The maximum atomic E-state index is 12.2. The Balaban J connectivity index is 2.73. The first-order valence-electron chi connectivity index (χ1n) is 5.44. The molecule has 0 fully saturated rings. The van der Waals surface area contributed by atoms with E-state index in [0.29, 0.717) is 5.69 Å². The number of carbonyl (C=O) groups is 1. The van der Waals surface area contributed by atoms with Gasteiger partial charge in [-0.1, -0.05) is 0 Å². The van der Waals surface area contributed by atoms with E-state index in [1.54, 1.807) is 28.9 Å². The minimum Gasteiger partial charge on any atom is -0.338 e. The molecule has 0 aliphatic carbocycles. The van der Waals surface area contributed by atoms with Crippen LogP contribution in [0.4, 0.5) is 0 Å². The van der Waals surface area contributed by atoms with Gasteiger partial charge in [-0.2, -0.15) is 11.8 Å². The number of thioether (sulfide) groups is 1. The summed E-state index contributed by atoms with van der Waals surface area (Å²) in [6.45, 7) is 2.06. The summed E-state index contributed by atoms with van der Waals surface area (Å²) < 4.78 is 0.744. The van der Waals surface area contributed by atoms with E-state index in [2.05, 4.69) is 34.1 Å². The standard InChI is InChI=1S/C12H17BrN2OS/c1-9(6-8-17-3)15(2)12(16)11-10(13)5-4-7-14-11/h4-5,7,9H,6,8H2,1-3H3. The van der Waals surface area contributed by atoms with Crippen molar-refractivity contribution in [3.8, 4) is 0 Å². The van der Waals surface area contributed by atoms with E-state index in [-0.39, 0.29) is 11.9 Å². The van der Waals surface area contributed by atoms with Gasteiger partial charge in [0.2, 0.25) is 0 Å². The van der Waals surface area contributed by atoms with Crippen molar-refractivity contribution in [1.82, 2.24) is 9.88 Å². The molecule has 0 bridgehead atoms. The number of amides is 1. The van der Waals surface area contributed by atoms with Gasteiger partial charge in [0.25, 0.3) is 5.91 Å². The molecule has 94 valence electrons. The van der Waals surface area contributed by atoms with Gasteiger partial charge in [-0.25, -0.2) is 4.98 Å². The van der Waals surface area contributed by atoms with E-state index < -0.39 is 0 Å². The van der Waals surface area contributed by atoms with Crippen LogP contribution >= 0.6 is 27.7 Å². The van der Waals surface area contributed by atoms with Gasteiger partial charge in [-0.05, 0) is 53.4 Å². The summed E-state index contributed by atoms with van der Waals surface area (Å²) >= 11 is 5.15. The fourth-order valence-electron chi connectivity index (χ4n) is 1.39. The molecule has 0 saturated carbocycles. The van der Waals surface area contributed by atoms with Gasteiger partial charge in [0.1, 0.15) is 5.69 Å². The molecule has 1 rings (SSSR count). The highest BCUT2D eigenvalue weighted by molar-refractivity contribution is 9.10. The van der Waals surface area contributed by atoms with Gasteiger partial charge in [0.05, 0.1) is 0 Å². The molecule has 1 atom stereocenters. The van der Waals surface area contributed by atoms with Crippen molar-refractivity contribution in [2.75, 3.05) is 19.1 Å². The third kappa shape index (κ3) is 4.00. The minimum atomic E-state index is -0.0360. The summed E-state index contributed by atoms with van der Waals surface area (Å²) in [6.07, 6.45) is 4.70. The van der Waals surface area contributed by atoms with E-state index >= 15 is 0 Å². The Hall–Kier alpha value is -0.550. The number of rotatable bonds is 5. The van der Waals surface area contributed by atoms with Gasteiger partial charge in [-0.3, -0.25) is 4.79 Å². The number of nitrogens with zero attached hydrogens (tertiary/aromatic N) is 2. The van der Waals surface area contributed by atoms with Crippen molar-refractivity contribution in [2.45, 2.75) is 19.4 Å². The highest BCUT2D eigenvalue weighted by Crippen LogP contribution is 2.17.